The Hall–Kier alpha value is -3.35. The van der Waals surface area contributed by atoms with Crippen molar-refractivity contribution in [2.75, 3.05) is 22.6 Å². The molecule has 0 aliphatic carbocycles. The number of hydrogen-bond acceptors (Lipinski definition) is 3. The van der Waals surface area contributed by atoms with Crippen molar-refractivity contribution in [1.29, 1.82) is 0 Å². The molecule has 0 saturated heterocycles. The lowest BCUT2D eigenvalue weighted by Gasteiger charge is -2.10. The minimum atomic E-state index is -0.372. The lowest BCUT2D eigenvalue weighted by molar-refractivity contribution is -0.121. The fourth-order valence-corrected chi connectivity index (χ4v) is 2.75. The number of rotatable bonds is 7. The summed E-state index contributed by atoms with van der Waals surface area (Å²) < 4.78 is 5.42. The highest BCUT2D eigenvalue weighted by Crippen LogP contribution is 2.17. The predicted octanol–water partition coefficient (Wildman–Crippen LogP) is 5.14. The normalized spacial score (nSPS) is 10.2. The lowest BCUT2D eigenvalue weighted by Crippen LogP contribution is -2.20. The molecule has 0 aliphatic heterocycles. The monoisotopic (exact) mass is 409 g/mol. The number of halogens is 1. The molecule has 0 spiro atoms. The third-order valence-corrected chi connectivity index (χ3v) is 4.25. The van der Waals surface area contributed by atoms with Crippen LogP contribution in [0.4, 0.5) is 21.9 Å². The molecule has 6 nitrogen and oxygen atoms in total. The minimum absolute atomic E-state index is 0.114. The number of benzene rings is 3. The van der Waals surface area contributed by atoms with Crippen molar-refractivity contribution in [2.45, 2.75) is 6.61 Å². The number of hydrogen-bond donors (Lipinski definition) is 3. The molecule has 0 radical (unpaired) electrons. The average molecular weight is 410 g/mol. The van der Waals surface area contributed by atoms with Gasteiger partial charge in [0.05, 0.1) is 6.61 Å². The first-order valence-corrected chi connectivity index (χ1v) is 9.32. The van der Waals surface area contributed by atoms with Gasteiger partial charge in [0.15, 0.2) is 0 Å². The quantitative estimate of drug-likeness (QED) is 0.505. The van der Waals surface area contributed by atoms with Gasteiger partial charge in [-0.1, -0.05) is 54.1 Å². The zero-order valence-corrected chi connectivity index (χ0v) is 16.3. The molecular weight excluding hydrogens is 390 g/mol. The van der Waals surface area contributed by atoms with Gasteiger partial charge in [-0.3, -0.25) is 4.79 Å². The number of carbonyl (C=O) groups is 2. The Morgan fingerprint density at radius 2 is 1.38 bits per heavy atom. The molecule has 3 amide bonds. The first-order valence-electron chi connectivity index (χ1n) is 8.94. The van der Waals surface area contributed by atoms with Gasteiger partial charge >= 0.3 is 6.03 Å². The summed E-state index contributed by atoms with van der Waals surface area (Å²) in [5, 5.41) is 8.79. The van der Waals surface area contributed by atoms with E-state index in [4.69, 9.17) is 16.3 Å². The second-order valence-corrected chi connectivity index (χ2v) is 6.57. The average Bonchev–Trinajstić information content (AvgIpc) is 2.70. The molecule has 148 valence electrons. The molecule has 0 aliphatic rings. The van der Waals surface area contributed by atoms with E-state index in [9.17, 15) is 9.59 Å². The van der Waals surface area contributed by atoms with E-state index in [2.05, 4.69) is 16.0 Å². The summed E-state index contributed by atoms with van der Waals surface area (Å²) in [6.45, 7) is 0.131. The van der Waals surface area contributed by atoms with Gasteiger partial charge < -0.3 is 20.7 Å². The highest BCUT2D eigenvalue weighted by atomic mass is 35.5. The van der Waals surface area contributed by atoms with Gasteiger partial charge in [0.1, 0.15) is 6.61 Å². The van der Waals surface area contributed by atoms with Crippen LogP contribution in [-0.4, -0.2) is 18.5 Å². The molecule has 0 aromatic heterocycles. The zero-order chi connectivity index (χ0) is 20.5. The van der Waals surface area contributed by atoms with Gasteiger partial charge in [0.2, 0.25) is 5.91 Å². The molecule has 7 heteroatoms. The van der Waals surface area contributed by atoms with Gasteiger partial charge in [-0.25, -0.2) is 4.79 Å². The molecule has 0 atom stereocenters. The van der Waals surface area contributed by atoms with Gasteiger partial charge in [0, 0.05) is 22.1 Å². The summed E-state index contributed by atoms with van der Waals surface area (Å²) >= 11 is 6.06. The highest BCUT2D eigenvalue weighted by molar-refractivity contribution is 6.31. The van der Waals surface area contributed by atoms with Crippen LogP contribution in [0, 0.1) is 0 Å². The first kappa shape index (κ1) is 20.4. The Labute approximate surface area is 173 Å². The SMILES string of the molecule is O=C(COCc1ccccc1Cl)Nc1cccc(NC(=O)Nc2ccccc2)c1. The molecule has 3 rings (SSSR count). The van der Waals surface area contributed by atoms with Gasteiger partial charge in [-0.2, -0.15) is 0 Å². The summed E-state index contributed by atoms with van der Waals surface area (Å²) in [4.78, 5) is 24.2. The third kappa shape index (κ3) is 6.64. The lowest BCUT2D eigenvalue weighted by atomic mass is 10.2. The van der Waals surface area contributed by atoms with Crippen LogP contribution in [0.5, 0.6) is 0 Å². The van der Waals surface area contributed by atoms with Crippen molar-refractivity contribution in [3.8, 4) is 0 Å². The Kier molecular flexibility index (Phi) is 7.22. The number of carbonyl (C=O) groups excluding carboxylic acids is 2. The summed E-state index contributed by atoms with van der Waals surface area (Å²) in [5.41, 5.74) is 2.60. The standard InChI is InChI=1S/C22H20ClN3O3/c23-20-12-5-4-7-16(20)14-29-15-21(27)24-18-10-6-11-19(13-18)26-22(28)25-17-8-2-1-3-9-17/h1-13H,14-15H2,(H,24,27)(H2,25,26,28). The Morgan fingerprint density at radius 1 is 0.759 bits per heavy atom. The fourth-order valence-electron chi connectivity index (χ4n) is 2.56. The van der Waals surface area contributed by atoms with E-state index >= 15 is 0 Å². The smallest absolute Gasteiger partial charge is 0.323 e. The summed E-state index contributed by atoms with van der Waals surface area (Å²) in [5.74, 6) is -0.303. The number of amides is 3. The van der Waals surface area contributed by atoms with Crippen molar-refractivity contribution in [2.24, 2.45) is 0 Å². The molecule has 29 heavy (non-hydrogen) atoms. The van der Waals surface area contributed by atoms with Crippen LogP contribution in [0.15, 0.2) is 78.9 Å². The number of para-hydroxylation sites is 1. The second kappa shape index (κ2) is 10.3. The van der Waals surface area contributed by atoms with E-state index in [-0.39, 0.29) is 25.2 Å². The van der Waals surface area contributed by atoms with Gasteiger partial charge in [-0.15, -0.1) is 0 Å². The predicted molar refractivity (Wildman–Crippen MR) is 115 cm³/mol. The molecule has 0 saturated carbocycles. The Bertz CT molecular complexity index is 980. The molecular formula is C22H20ClN3O3. The van der Waals surface area contributed by atoms with Crippen molar-refractivity contribution >= 4 is 40.6 Å². The summed E-state index contributed by atoms with van der Waals surface area (Å²) in [7, 11) is 0. The van der Waals surface area contributed by atoms with Crippen LogP contribution in [0.3, 0.4) is 0 Å². The van der Waals surface area contributed by atoms with Crippen LogP contribution in [0.2, 0.25) is 5.02 Å². The number of ether oxygens (including phenoxy) is 1. The maximum absolute atomic E-state index is 12.1. The summed E-state index contributed by atoms with van der Waals surface area (Å²) in [6, 6.07) is 22.9. The van der Waals surface area contributed by atoms with Gasteiger partial charge in [-0.05, 0) is 42.0 Å². The molecule has 3 aromatic carbocycles. The van der Waals surface area contributed by atoms with E-state index in [1.807, 2.05) is 36.4 Å². The van der Waals surface area contributed by atoms with E-state index in [1.165, 1.54) is 0 Å². The topological polar surface area (TPSA) is 79.5 Å². The number of anilines is 3. The molecule has 0 unspecified atom stereocenters. The van der Waals surface area contributed by atoms with E-state index < -0.39 is 0 Å². The maximum atomic E-state index is 12.1. The first-order chi connectivity index (χ1) is 14.1. The fraction of sp³-hybridized carbons (Fsp3) is 0.0909. The van der Waals surface area contributed by atoms with Crippen LogP contribution in [0.1, 0.15) is 5.56 Å². The Morgan fingerprint density at radius 3 is 2.14 bits per heavy atom. The van der Waals surface area contributed by atoms with Crippen LogP contribution >= 0.6 is 11.6 Å². The minimum Gasteiger partial charge on any atom is -0.367 e. The van der Waals surface area contributed by atoms with Crippen LogP contribution in [0.25, 0.3) is 0 Å². The maximum Gasteiger partial charge on any atom is 0.323 e. The molecule has 0 fully saturated rings. The highest BCUT2D eigenvalue weighted by Gasteiger charge is 2.07. The summed E-state index contributed by atoms with van der Waals surface area (Å²) in [6.07, 6.45) is 0. The third-order valence-electron chi connectivity index (χ3n) is 3.88. The van der Waals surface area contributed by atoms with Gasteiger partial charge in [0.25, 0.3) is 0 Å². The zero-order valence-electron chi connectivity index (χ0n) is 15.5. The van der Waals surface area contributed by atoms with Crippen LogP contribution < -0.4 is 16.0 Å². The molecule has 3 N–H and O–H groups in total. The van der Waals surface area contributed by atoms with Crippen molar-refractivity contribution in [1.82, 2.24) is 0 Å². The number of urea groups is 1. The Balaban J connectivity index is 1.48. The van der Waals surface area contributed by atoms with E-state index in [0.29, 0.717) is 22.1 Å². The van der Waals surface area contributed by atoms with Crippen molar-refractivity contribution in [3.63, 3.8) is 0 Å². The van der Waals surface area contributed by atoms with Crippen LogP contribution in [-0.2, 0) is 16.1 Å². The van der Waals surface area contributed by atoms with Crippen molar-refractivity contribution in [3.05, 3.63) is 89.4 Å². The largest absolute Gasteiger partial charge is 0.367 e. The second-order valence-electron chi connectivity index (χ2n) is 6.16. The van der Waals surface area contributed by atoms with E-state index in [0.717, 1.165) is 5.56 Å². The van der Waals surface area contributed by atoms with Crippen molar-refractivity contribution < 1.29 is 14.3 Å². The molecule has 0 bridgehead atoms. The number of nitrogens with one attached hydrogen (secondary N) is 3. The van der Waals surface area contributed by atoms with E-state index in [1.54, 1.807) is 42.5 Å². The molecule has 0 heterocycles. The molecule has 3 aromatic rings.